The molecule has 0 saturated heterocycles. The molecule has 7 heteroatoms. The van der Waals surface area contributed by atoms with Crippen molar-refractivity contribution in [3.63, 3.8) is 0 Å². The van der Waals surface area contributed by atoms with Crippen LogP contribution in [-0.4, -0.2) is 38.3 Å². The molecule has 0 aliphatic rings. The summed E-state index contributed by atoms with van der Waals surface area (Å²) < 4.78 is 1.89. The smallest absolute Gasteiger partial charge is 0.255 e. The first-order valence-corrected chi connectivity index (χ1v) is 6.48. The summed E-state index contributed by atoms with van der Waals surface area (Å²) in [6.45, 7) is -0.00928. The molecule has 2 heterocycles. The van der Waals surface area contributed by atoms with Crippen molar-refractivity contribution >= 4 is 17.0 Å². The Hall–Kier alpha value is -2.02. The van der Waals surface area contributed by atoms with Gasteiger partial charge in [0, 0.05) is 0 Å². The number of benzene rings is 1. The summed E-state index contributed by atoms with van der Waals surface area (Å²) in [5, 5.41) is 11.6. The van der Waals surface area contributed by atoms with Crippen molar-refractivity contribution in [2.45, 2.75) is 6.04 Å². The fourth-order valence-corrected chi connectivity index (χ4v) is 2.34. The van der Waals surface area contributed by atoms with Gasteiger partial charge in [0.1, 0.15) is 6.33 Å². The van der Waals surface area contributed by atoms with Crippen molar-refractivity contribution in [1.29, 1.82) is 0 Å². The van der Waals surface area contributed by atoms with Crippen molar-refractivity contribution in [2.75, 3.05) is 13.7 Å². The highest BCUT2D eigenvalue weighted by atomic mass is 35.5. The van der Waals surface area contributed by atoms with E-state index in [2.05, 4.69) is 15.0 Å². The molecule has 2 aromatic heterocycles. The number of hydrogen-bond acceptors (Lipinski definition) is 4. The maximum Gasteiger partial charge on any atom is 0.255 e. The zero-order valence-electron chi connectivity index (χ0n) is 11.5. The molecule has 21 heavy (non-hydrogen) atoms. The average Bonchev–Trinajstić information content (AvgIpc) is 2.93. The molecule has 0 amide bonds. The standard InChI is InChI=1S/C14H15N5O.ClH/c1-15-13-12-14(17-8-16-13)19(9-18-12)11(7-20)10-5-3-2-4-6-10;/h2-6,8-9,11,20H,7H2,1H3,(H,15,16,17);1H. The van der Waals surface area contributed by atoms with E-state index < -0.39 is 0 Å². The van der Waals surface area contributed by atoms with Crippen molar-refractivity contribution in [1.82, 2.24) is 19.5 Å². The van der Waals surface area contributed by atoms with Crippen molar-refractivity contribution < 1.29 is 22.8 Å². The van der Waals surface area contributed by atoms with Gasteiger partial charge in [-0.1, -0.05) is 30.3 Å². The van der Waals surface area contributed by atoms with E-state index in [1.165, 1.54) is 6.33 Å². The second-order valence-corrected chi connectivity index (χ2v) is 4.48. The number of hydrogen-bond donors (Lipinski definition) is 2. The Morgan fingerprint density at radius 3 is 2.62 bits per heavy atom. The van der Waals surface area contributed by atoms with E-state index in [0.717, 1.165) is 22.5 Å². The minimum absolute atomic E-state index is 0. The molecule has 3 rings (SSSR count). The number of rotatable bonds is 4. The van der Waals surface area contributed by atoms with E-state index in [4.69, 9.17) is 0 Å². The lowest BCUT2D eigenvalue weighted by atomic mass is 10.1. The molecule has 0 bridgehead atoms. The van der Waals surface area contributed by atoms with Gasteiger partial charge in [-0.25, -0.2) is 9.97 Å². The van der Waals surface area contributed by atoms with Gasteiger partial charge in [0.15, 0.2) is 11.2 Å². The summed E-state index contributed by atoms with van der Waals surface area (Å²) in [4.78, 5) is 12.9. The van der Waals surface area contributed by atoms with Crippen LogP contribution in [0.2, 0.25) is 0 Å². The number of nitrogens with two attached hydrogens (primary N) is 1. The highest BCUT2D eigenvalue weighted by Gasteiger charge is 2.18. The van der Waals surface area contributed by atoms with Crippen LogP contribution in [0.5, 0.6) is 0 Å². The van der Waals surface area contributed by atoms with Crippen LogP contribution in [-0.2, 0) is 0 Å². The summed E-state index contributed by atoms with van der Waals surface area (Å²) in [5.41, 5.74) is 2.51. The molecule has 0 radical (unpaired) electrons. The zero-order valence-corrected chi connectivity index (χ0v) is 12.3. The van der Waals surface area contributed by atoms with Crippen LogP contribution in [0.15, 0.2) is 43.0 Å². The summed E-state index contributed by atoms with van der Waals surface area (Å²) in [6, 6.07) is 9.65. The lowest BCUT2D eigenvalue weighted by Gasteiger charge is -2.16. The zero-order chi connectivity index (χ0) is 13.9. The third-order valence-corrected chi connectivity index (χ3v) is 3.35. The number of aromatic nitrogens is 4. The van der Waals surface area contributed by atoms with E-state index in [-0.39, 0.29) is 25.1 Å². The Balaban J connectivity index is 0.00000161. The lowest BCUT2D eigenvalue weighted by Crippen LogP contribution is -3.00. The Labute approximate surface area is 128 Å². The van der Waals surface area contributed by atoms with Crippen LogP contribution in [0.25, 0.3) is 11.2 Å². The fraction of sp³-hybridized carbons (Fsp3) is 0.214. The van der Waals surface area contributed by atoms with Gasteiger partial charge in [0.2, 0.25) is 0 Å². The highest BCUT2D eigenvalue weighted by Crippen LogP contribution is 2.23. The first kappa shape index (κ1) is 15.4. The molecule has 1 unspecified atom stereocenters. The summed E-state index contributed by atoms with van der Waals surface area (Å²) in [6.07, 6.45) is 3.23. The van der Waals surface area contributed by atoms with E-state index in [1.807, 2.05) is 47.3 Å². The first-order chi connectivity index (χ1) is 9.85. The molecule has 3 aromatic rings. The van der Waals surface area contributed by atoms with Crippen molar-refractivity contribution in [3.8, 4) is 0 Å². The fourth-order valence-electron chi connectivity index (χ4n) is 2.34. The largest absolute Gasteiger partial charge is 1.00 e. The van der Waals surface area contributed by atoms with Crippen molar-refractivity contribution in [3.05, 3.63) is 48.5 Å². The molecule has 110 valence electrons. The summed E-state index contributed by atoms with van der Waals surface area (Å²) >= 11 is 0. The third kappa shape index (κ3) is 2.73. The second-order valence-electron chi connectivity index (χ2n) is 4.48. The molecule has 0 fully saturated rings. The van der Waals surface area contributed by atoms with E-state index in [1.54, 1.807) is 6.33 Å². The van der Waals surface area contributed by atoms with Gasteiger partial charge in [0.05, 0.1) is 26.0 Å². The monoisotopic (exact) mass is 305 g/mol. The predicted octanol–water partition coefficient (Wildman–Crippen LogP) is -2.76. The maximum atomic E-state index is 9.74. The molecule has 0 spiro atoms. The Morgan fingerprint density at radius 1 is 1.19 bits per heavy atom. The van der Waals surface area contributed by atoms with Crippen LogP contribution in [0, 0.1) is 0 Å². The third-order valence-electron chi connectivity index (χ3n) is 3.35. The quantitative estimate of drug-likeness (QED) is 0.547. The maximum absolute atomic E-state index is 9.74. The van der Waals surface area contributed by atoms with Gasteiger partial charge in [-0.05, 0) is 5.56 Å². The molecule has 6 nitrogen and oxygen atoms in total. The molecule has 0 saturated carbocycles. The average molecular weight is 306 g/mol. The normalized spacial score (nSPS) is 12.1. The van der Waals surface area contributed by atoms with E-state index >= 15 is 0 Å². The Bertz CT molecular complexity index is 716. The Kier molecular flexibility index (Phi) is 4.85. The van der Waals surface area contributed by atoms with E-state index in [0.29, 0.717) is 0 Å². The molecule has 1 aromatic carbocycles. The van der Waals surface area contributed by atoms with Crippen LogP contribution in [0.3, 0.4) is 0 Å². The lowest BCUT2D eigenvalue weighted by molar-refractivity contribution is -0.541. The highest BCUT2D eigenvalue weighted by molar-refractivity contribution is 5.78. The topological polar surface area (TPSA) is 80.4 Å². The van der Waals surface area contributed by atoms with Gasteiger partial charge in [0.25, 0.3) is 5.82 Å². The number of nitrogens with zero attached hydrogens (tertiary/aromatic N) is 4. The van der Waals surface area contributed by atoms with Crippen molar-refractivity contribution in [2.24, 2.45) is 0 Å². The molecule has 3 N–H and O–H groups in total. The van der Waals surface area contributed by atoms with Crippen LogP contribution in [0.1, 0.15) is 11.6 Å². The predicted molar refractivity (Wildman–Crippen MR) is 74.5 cm³/mol. The van der Waals surface area contributed by atoms with Crippen LogP contribution >= 0.6 is 0 Å². The van der Waals surface area contributed by atoms with Gasteiger partial charge in [-0.3, -0.25) is 5.32 Å². The van der Waals surface area contributed by atoms with Gasteiger partial charge < -0.3 is 22.1 Å². The minimum atomic E-state index is -0.194. The minimum Gasteiger partial charge on any atom is -1.00 e. The number of quaternary nitrogens is 1. The number of aliphatic hydroxyl groups is 1. The number of fused-ring (bicyclic) bond motifs is 1. The Morgan fingerprint density at radius 2 is 1.95 bits per heavy atom. The van der Waals surface area contributed by atoms with Crippen LogP contribution in [0.4, 0.5) is 5.82 Å². The second kappa shape index (κ2) is 6.62. The summed E-state index contributed by atoms with van der Waals surface area (Å²) in [5.74, 6) is 0.804. The first-order valence-electron chi connectivity index (χ1n) is 6.48. The van der Waals surface area contributed by atoms with Crippen LogP contribution < -0.4 is 17.7 Å². The SMILES string of the molecule is C[NH2+]c1ncnc2c1ncn2C(CO)c1ccccc1.[Cl-]. The van der Waals surface area contributed by atoms with Gasteiger partial charge >= 0.3 is 0 Å². The molecular weight excluding hydrogens is 290 g/mol. The van der Waals surface area contributed by atoms with E-state index in [9.17, 15) is 5.11 Å². The van der Waals surface area contributed by atoms with Gasteiger partial charge in [-0.15, -0.1) is 0 Å². The number of aliphatic hydroxyl groups excluding tert-OH is 1. The molecule has 0 aliphatic heterocycles. The number of imidazole rings is 1. The van der Waals surface area contributed by atoms with Gasteiger partial charge in [-0.2, -0.15) is 4.98 Å². The number of halogens is 1. The molecule has 1 atom stereocenters. The molecular formula is C14H16ClN5O. The summed E-state index contributed by atoms with van der Waals surface area (Å²) in [7, 11) is 1.92. The molecule has 0 aliphatic carbocycles.